The Morgan fingerprint density at radius 1 is 1.59 bits per heavy atom. The zero-order valence-electron chi connectivity index (χ0n) is 9.83. The summed E-state index contributed by atoms with van der Waals surface area (Å²) in [5.41, 5.74) is 0. The standard InChI is InChI=1S/C12H17NO4/c1-9-5-13(6-10(8-14)17-9)7-11(15)12-3-2-4-16-12/h2-4,9-10,14H,5-8H2,1H3. The van der Waals surface area contributed by atoms with Crippen molar-refractivity contribution in [2.24, 2.45) is 0 Å². The van der Waals surface area contributed by atoms with E-state index < -0.39 is 0 Å². The fourth-order valence-electron chi connectivity index (χ4n) is 2.09. The predicted molar refractivity (Wildman–Crippen MR) is 60.9 cm³/mol. The van der Waals surface area contributed by atoms with Crippen molar-refractivity contribution in [3.8, 4) is 0 Å². The van der Waals surface area contributed by atoms with E-state index in [1.807, 2.05) is 11.8 Å². The van der Waals surface area contributed by atoms with Gasteiger partial charge in [-0.15, -0.1) is 0 Å². The van der Waals surface area contributed by atoms with Gasteiger partial charge in [-0.3, -0.25) is 9.69 Å². The van der Waals surface area contributed by atoms with Gasteiger partial charge in [-0.1, -0.05) is 0 Å². The van der Waals surface area contributed by atoms with E-state index in [1.54, 1.807) is 12.1 Å². The van der Waals surface area contributed by atoms with E-state index in [0.717, 1.165) is 0 Å². The minimum absolute atomic E-state index is 0.0181. The summed E-state index contributed by atoms with van der Waals surface area (Å²) < 4.78 is 10.6. The zero-order valence-corrected chi connectivity index (χ0v) is 9.83. The molecular weight excluding hydrogens is 222 g/mol. The van der Waals surface area contributed by atoms with Gasteiger partial charge in [0.25, 0.3) is 0 Å². The topological polar surface area (TPSA) is 62.9 Å². The third-order valence-electron chi connectivity index (χ3n) is 2.77. The molecule has 0 saturated carbocycles. The van der Waals surface area contributed by atoms with E-state index in [2.05, 4.69) is 0 Å². The molecule has 2 rings (SSSR count). The van der Waals surface area contributed by atoms with Crippen LogP contribution in [-0.2, 0) is 4.74 Å². The van der Waals surface area contributed by atoms with E-state index >= 15 is 0 Å². The molecule has 2 heterocycles. The van der Waals surface area contributed by atoms with Gasteiger partial charge in [0.2, 0.25) is 5.78 Å². The Morgan fingerprint density at radius 3 is 3.06 bits per heavy atom. The predicted octanol–water partition coefficient (Wildman–Crippen LogP) is 0.544. The highest BCUT2D eigenvalue weighted by Crippen LogP contribution is 2.12. The van der Waals surface area contributed by atoms with E-state index in [1.165, 1.54) is 6.26 Å². The lowest BCUT2D eigenvalue weighted by Gasteiger charge is -2.35. The molecule has 17 heavy (non-hydrogen) atoms. The Balaban J connectivity index is 1.92. The summed E-state index contributed by atoms with van der Waals surface area (Å²) in [6.07, 6.45) is 1.32. The largest absolute Gasteiger partial charge is 0.461 e. The number of ether oxygens (including phenoxy) is 1. The second-order valence-corrected chi connectivity index (χ2v) is 4.35. The number of furan rings is 1. The number of aliphatic hydroxyl groups is 1. The van der Waals surface area contributed by atoms with Crippen molar-refractivity contribution >= 4 is 5.78 Å². The van der Waals surface area contributed by atoms with Gasteiger partial charge in [0, 0.05) is 13.1 Å². The van der Waals surface area contributed by atoms with Crippen LogP contribution in [0.4, 0.5) is 0 Å². The number of carbonyl (C=O) groups is 1. The second-order valence-electron chi connectivity index (χ2n) is 4.35. The average Bonchev–Trinajstić information content (AvgIpc) is 2.81. The van der Waals surface area contributed by atoms with E-state index in [9.17, 15) is 4.79 Å². The summed E-state index contributed by atoms with van der Waals surface area (Å²) >= 11 is 0. The van der Waals surface area contributed by atoms with Crippen molar-refractivity contribution in [3.63, 3.8) is 0 Å². The van der Waals surface area contributed by atoms with Crippen LogP contribution in [0.3, 0.4) is 0 Å². The molecule has 0 bridgehead atoms. The average molecular weight is 239 g/mol. The van der Waals surface area contributed by atoms with Crippen LogP contribution in [0.25, 0.3) is 0 Å². The van der Waals surface area contributed by atoms with Crippen LogP contribution in [0.2, 0.25) is 0 Å². The maximum atomic E-state index is 11.8. The lowest BCUT2D eigenvalue weighted by atomic mass is 10.2. The van der Waals surface area contributed by atoms with Crippen LogP contribution < -0.4 is 0 Å². The van der Waals surface area contributed by atoms with E-state index in [4.69, 9.17) is 14.3 Å². The molecule has 1 fully saturated rings. The molecule has 1 aliphatic heterocycles. The molecule has 5 heteroatoms. The van der Waals surface area contributed by atoms with Gasteiger partial charge in [0.05, 0.1) is 31.6 Å². The molecular formula is C12H17NO4. The van der Waals surface area contributed by atoms with Crippen molar-refractivity contribution in [3.05, 3.63) is 24.2 Å². The summed E-state index contributed by atoms with van der Waals surface area (Å²) in [7, 11) is 0. The molecule has 0 aliphatic carbocycles. The first-order valence-corrected chi connectivity index (χ1v) is 5.74. The van der Waals surface area contributed by atoms with Crippen LogP contribution in [0.5, 0.6) is 0 Å². The van der Waals surface area contributed by atoms with Crippen LogP contribution in [0.15, 0.2) is 22.8 Å². The van der Waals surface area contributed by atoms with Gasteiger partial charge in [-0.2, -0.15) is 0 Å². The number of morpholine rings is 1. The maximum Gasteiger partial charge on any atom is 0.211 e. The number of aliphatic hydroxyl groups excluding tert-OH is 1. The lowest BCUT2D eigenvalue weighted by Crippen LogP contribution is -2.49. The smallest absolute Gasteiger partial charge is 0.211 e. The zero-order chi connectivity index (χ0) is 12.3. The van der Waals surface area contributed by atoms with Crippen molar-refractivity contribution in [2.75, 3.05) is 26.2 Å². The molecule has 1 aromatic rings. The molecule has 1 aliphatic rings. The van der Waals surface area contributed by atoms with Crippen molar-refractivity contribution in [2.45, 2.75) is 19.1 Å². The van der Waals surface area contributed by atoms with E-state index in [0.29, 0.717) is 25.4 Å². The Hall–Kier alpha value is -1.17. The maximum absolute atomic E-state index is 11.8. The number of Topliss-reactive ketones (excluding diaryl/α,β-unsaturated/α-hetero) is 1. The minimum Gasteiger partial charge on any atom is -0.461 e. The Labute approximate surface area is 100.0 Å². The van der Waals surface area contributed by atoms with Crippen LogP contribution in [0.1, 0.15) is 17.5 Å². The fraction of sp³-hybridized carbons (Fsp3) is 0.583. The third-order valence-corrected chi connectivity index (χ3v) is 2.77. The Morgan fingerprint density at radius 2 is 2.41 bits per heavy atom. The Bertz CT molecular complexity index is 363. The van der Waals surface area contributed by atoms with E-state index in [-0.39, 0.29) is 24.6 Å². The third kappa shape index (κ3) is 3.15. The molecule has 1 saturated heterocycles. The highest BCUT2D eigenvalue weighted by Gasteiger charge is 2.26. The first kappa shape index (κ1) is 12.3. The van der Waals surface area contributed by atoms with Crippen LogP contribution in [0, 0.1) is 0 Å². The number of nitrogens with zero attached hydrogens (tertiary/aromatic N) is 1. The van der Waals surface area contributed by atoms with Gasteiger partial charge >= 0.3 is 0 Å². The number of hydrogen-bond donors (Lipinski definition) is 1. The summed E-state index contributed by atoms with van der Waals surface area (Å²) in [5, 5.41) is 9.09. The highest BCUT2D eigenvalue weighted by atomic mass is 16.5. The number of ketones is 1. The van der Waals surface area contributed by atoms with Gasteiger partial charge < -0.3 is 14.3 Å². The molecule has 1 aromatic heterocycles. The molecule has 94 valence electrons. The second kappa shape index (κ2) is 5.44. The number of carbonyl (C=O) groups excluding carboxylic acids is 1. The first-order chi connectivity index (χ1) is 8.19. The van der Waals surface area contributed by atoms with Crippen LogP contribution >= 0.6 is 0 Å². The molecule has 0 radical (unpaired) electrons. The van der Waals surface area contributed by atoms with Crippen molar-refractivity contribution in [1.82, 2.24) is 4.90 Å². The summed E-state index contributed by atoms with van der Waals surface area (Å²) in [4.78, 5) is 13.8. The summed E-state index contributed by atoms with van der Waals surface area (Å²) in [5.74, 6) is 0.338. The summed E-state index contributed by atoms with van der Waals surface area (Å²) in [6.45, 7) is 3.50. The Kier molecular flexibility index (Phi) is 3.93. The first-order valence-electron chi connectivity index (χ1n) is 5.74. The van der Waals surface area contributed by atoms with Gasteiger partial charge in [0.15, 0.2) is 5.76 Å². The molecule has 0 aromatic carbocycles. The quantitative estimate of drug-likeness (QED) is 0.777. The minimum atomic E-state index is -0.205. The lowest BCUT2D eigenvalue weighted by molar-refractivity contribution is -0.0927. The van der Waals surface area contributed by atoms with Crippen molar-refractivity contribution in [1.29, 1.82) is 0 Å². The monoisotopic (exact) mass is 239 g/mol. The molecule has 2 atom stereocenters. The summed E-state index contributed by atoms with van der Waals surface area (Å²) in [6, 6.07) is 3.36. The fourth-order valence-corrected chi connectivity index (χ4v) is 2.09. The van der Waals surface area contributed by atoms with Gasteiger partial charge in [-0.25, -0.2) is 0 Å². The van der Waals surface area contributed by atoms with Crippen molar-refractivity contribution < 1.29 is 19.1 Å². The molecule has 0 spiro atoms. The molecule has 0 amide bonds. The SMILES string of the molecule is CC1CN(CC(=O)c2ccco2)CC(CO)O1. The van der Waals surface area contributed by atoms with Gasteiger partial charge in [-0.05, 0) is 19.1 Å². The van der Waals surface area contributed by atoms with Gasteiger partial charge in [0.1, 0.15) is 0 Å². The van der Waals surface area contributed by atoms with Crippen LogP contribution in [-0.4, -0.2) is 54.2 Å². The highest BCUT2D eigenvalue weighted by molar-refractivity contribution is 5.94. The molecule has 1 N–H and O–H groups in total. The molecule has 2 unspecified atom stereocenters. The normalized spacial score (nSPS) is 26.0. The molecule has 5 nitrogen and oxygen atoms in total. The number of rotatable bonds is 4. The number of hydrogen-bond acceptors (Lipinski definition) is 5.